The Morgan fingerprint density at radius 3 is 2.35 bits per heavy atom. The number of rotatable bonds is 7. The van der Waals surface area contributed by atoms with Gasteiger partial charge in [0, 0.05) is 13.0 Å². The molecule has 0 aromatic carbocycles. The summed E-state index contributed by atoms with van der Waals surface area (Å²) in [5.74, 6) is -1.02. The van der Waals surface area contributed by atoms with Crippen molar-refractivity contribution in [3.63, 3.8) is 0 Å². The van der Waals surface area contributed by atoms with Crippen LogP contribution in [-0.2, 0) is 19.0 Å². The summed E-state index contributed by atoms with van der Waals surface area (Å²) < 4.78 is 37.6. The molecule has 1 N–H and O–H groups in total. The number of hydrogen-bond acceptors (Lipinski definition) is 5. The first kappa shape index (κ1) is 18.9. The Kier molecular flexibility index (Phi) is 8.40. The molecule has 0 aliphatic rings. The first-order chi connectivity index (χ1) is 9.15. The smallest absolute Gasteiger partial charge is 0.407 e. The van der Waals surface area contributed by atoms with Crippen LogP contribution in [0.25, 0.3) is 0 Å². The van der Waals surface area contributed by atoms with E-state index >= 15 is 0 Å². The molecule has 0 aromatic rings. The number of halogens is 3. The molecule has 1 atom stereocenters. The maximum Gasteiger partial charge on any atom is 0.407 e. The number of ether oxygens (including phenoxy) is 3. The van der Waals surface area contributed by atoms with Crippen LogP contribution in [0.15, 0.2) is 0 Å². The van der Waals surface area contributed by atoms with E-state index in [1.807, 2.05) is 0 Å². The van der Waals surface area contributed by atoms with E-state index in [-0.39, 0.29) is 13.0 Å². The summed E-state index contributed by atoms with van der Waals surface area (Å²) in [5.41, 5.74) is -0.680. The molecule has 0 saturated heterocycles. The van der Waals surface area contributed by atoms with E-state index in [0.717, 1.165) is 0 Å². The Morgan fingerprint density at radius 2 is 1.90 bits per heavy atom. The molecule has 0 radical (unpaired) electrons. The fourth-order valence-electron chi connectivity index (χ4n) is 1.13. The van der Waals surface area contributed by atoms with Gasteiger partial charge in [-0.1, -0.05) is 11.6 Å². The largest absolute Gasteiger partial charge is 0.447 e. The summed E-state index contributed by atoms with van der Waals surface area (Å²) in [6.45, 7) is 1.79. The fraction of sp³-hybridized carbons (Fsp3) is 0.818. The number of alkyl halides is 3. The molecule has 6 nitrogen and oxygen atoms in total. The number of amides is 1. The minimum absolute atomic E-state index is 0.0936. The van der Waals surface area contributed by atoms with Gasteiger partial charge in [-0.2, -0.15) is 8.78 Å². The molecule has 0 heterocycles. The van der Waals surface area contributed by atoms with E-state index in [2.05, 4.69) is 14.8 Å². The molecule has 1 amide bonds. The van der Waals surface area contributed by atoms with E-state index < -0.39 is 36.4 Å². The van der Waals surface area contributed by atoms with Crippen LogP contribution in [0.3, 0.4) is 0 Å². The zero-order chi connectivity index (χ0) is 15.8. The van der Waals surface area contributed by atoms with E-state index in [4.69, 9.17) is 16.3 Å². The molecule has 0 spiro atoms. The molecule has 0 bridgehead atoms. The summed E-state index contributed by atoms with van der Waals surface area (Å²) in [6.07, 6.45) is -2.43. The highest BCUT2D eigenvalue weighted by atomic mass is 35.5. The average molecular weight is 318 g/mol. The molecule has 9 heteroatoms. The zero-order valence-corrected chi connectivity index (χ0v) is 12.2. The van der Waals surface area contributed by atoms with Gasteiger partial charge in [-0.15, -0.1) is 0 Å². The van der Waals surface area contributed by atoms with E-state index in [0.29, 0.717) is 0 Å². The number of carbonyl (C=O) groups is 2. The van der Waals surface area contributed by atoms with Gasteiger partial charge >= 0.3 is 18.7 Å². The van der Waals surface area contributed by atoms with Crippen molar-refractivity contribution in [2.45, 2.75) is 45.5 Å². The minimum atomic E-state index is -3.13. The quantitative estimate of drug-likeness (QED) is 0.576. The SMILES string of the molecule is CC(C)(C)OC(=O)NCCC(OC(F)F)C(=O)OCCl. The Bertz CT molecular complexity index is 322. The molecule has 20 heavy (non-hydrogen) atoms. The summed E-state index contributed by atoms with van der Waals surface area (Å²) in [5, 5.41) is 2.31. The van der Waals surface area contributed by atoms with Crippen molar-refractivity contribution in [1.82, 2.24) is 5.32 Å². The van der Waals surface area contributed by atoms with Crippen molar-refractivity contribution in [3.05, 3.63) is 0 Å². The lowest BCUT2D eigenvalue weighted by molar-refractivity contribution is -0.190. The third-order valence-electron chi connectivity index (χ3n) is 1.80. The molecule has 0 fully saturated rings. The second-order valence-corrected chi connectivity index (χ2v) is 4.89. The third kappa shape index (κ3) is 9.74. The van der Waals surface area contributed by atoms with Gasteiger partial charge < -0.3 is 19.5 Å². The fourth-order valence-corrected chi connectivity index (χ4v) is 1.24. The molecule has 1 unspecified atom stereocenters. The van der Waals surface area contributed by atoms with Crippen LogP contribution >= 0.6 is 11.6 Å². The second-order valence-electron chi connectivity index (χ2n) is 4.68. The lowest BCUT2D eigenvalue weighted by Crippen LogP contribution is -2.36. The predicted octanol–water partition coefficient (Wildman–Crippen LogP) is 2.25. The van der Waals surface area contributed by atoms with Crippen LogP contribution in [0, 0.1) is 0 Å². The first-order valence-corrected chi connectivity index (χ1v) is 6.32. The maximum atomic E-state index is 12.1. The van der Waals surface area contributed by atoms with Crippen LogP contribution < -0.4 is 5.32 Å². The molecule has 118 valence electrons. The molecule has 0 aliphatic heterocycles. The summed E-state index contributed by atoms with van der Waals surface area (Å²) in [7, 11) is 0. The number of esters is 1. The van der Waals surface area contributed by atoms with Gasteiger partial charge in [0.2, 0.25) is 0 Å². The van der Waals surface area contributed by atoms with Gasteiger partial charge in [0.15, 0.2) is 12.2 Å². The van der Waals surface area contributed by atoms with Crippen molar-refractivity contribution < 1.29 is 32.6 Å². The Balaban J connectivity index is 4.19. The van der Waals surface area contributed by atoms with Gasteiger partial charge in [0.05, 0.1) is 0 Å². The molecular weight excluding hydrogens is 300 g/mol. The van der Waals surface area contributed by atoms with Crippen LogP contribution in [0.4, 0.5) is 13.6 Å². The van der Waals surface area contributed by atoms with Crippen molar-refractivity contribution in [2.24, 2.45) is 0 Å². The van der Waals surface area contributed by atoms with Gasteiger partial charge in [-0.05, 0) is 20.8 Å². The van der Waals surface area contributed by atoms with Crippen molar-refractivity contribution in [2.75, 3.05) is 12.6 Å². The van der Waals surface area contributed by atoms with Crippen LogP contribution in [-0.4, -0.2) is 43.0 Å². The number of alkyl carbamates (subject to hydrolysis) is 1. The molecular formula is C11H18ClF2NO5. The molecule has 0 aromatic heterocycles. The molecule has 0 saturated carbocycles. The van der Waals surface area contributed by atoms with E-state index in [1.165, 1.54) is 0 Å². The zero-order valence-electron chi connectivity index (χ0n) is 11.5. The highest BCUT2D eigenvalue weighted by Crippen LogP contribution is 2.09. The van der Waals surface area contributed by atoms with Crippen molar-refractivity contribution in [3.8, 4) is 0 Å². The molecule has 0 rings (SSSR count). The van der Waals surface area contributed by atoms with Gasteiger partial charge in [-0.25, -0.2) is 9.59 Å². The van der Waals surface area contributed by atoms with Crippen molar-refractivity contribution >= 4 is 23.7 Å². The standard InChI is InChI=1S/C11H18ClF2NO5/c1-11(2,3)20-10(17)15-5-4-7(19-9(13)14)8(16)18-6-12/h7,9H,4-6H2,1-3H3,(H,15,17). The van der Waals surface area contributed by atoms with Gasteiger partial charge in [0.1, 0.15) is 5.60 Å². The van der Waals surface area contributed by atoms with Gasteiger partial charge in [0.25, 0.3) is 0 Å². The summed E-state index contributed by atoms with van der Waals surface area (Å²) >= 11 is 5.16. The highest BCUT2D eigenvalue weighted by Gasteiger charge is 2.25. The lowest BCUT2D eigenvalue weighted by atomic mass is 10.2. The predicted molar refractivity (Wildman–Crippen MR) is 66.5 cm³/mol. The number of nitrogens with one attached hydrogen (secondary N) is 1. The maximum absolute atomic E-state index is 12.1. The van der Waals surface area contributed by atoms with Crippen molar-refractivity contribution in [1.29, 1.82) is 0 Å². The topological polar surface area (TPSA) is 73.9 Å². The van der Waals surface area contributed by atoms with Crippen LogP contribution in [0.2, 0.25) is 0 Å². The first-order valence-electron chi connectivity index (χ1n) is 5.78. The van der Waals surface area contributed by atoms with Crippen LogP contribution in [0.5, 0.6) is 0 Å². The Morgan fingerprint density at radius 1 is 1.30 bits per heavy atom. The Hall–Kier alpha value is -1.15. The monoisotopic (exact) mass is 317 g/mol. The summed E-state index contributed by atoms with van der Waals surface area (Å²) in [6, 6.07) is -0.471. The van der Waals surface area contributed by atoms with Gasteiger partial charge in [-0.3, -0.25) is 0 Å². The summed E-state index contributed by atoms with van der Waals surface area (Å²) in [4.78, 5) is 22.6. The number of hydrogen-bond donors (Lipinski definition) is 1. The third-order valence-corrected chi connectivity index (χ3v) is 1.91. The second kappa shape index (κ2) is 8.91. The number of carbonyl (C=O) groups excluding carboxylic acids is 2. The average Bonchev–Trinajstić information content (AvgIpc) is 2.24. The molecule has 0 aliphatic carbocycles. The normalized spacial score (nSPS) is 12.9. The lowest BCUT2D eigenvalue weighted by Gasteiger charge is -2.20. The Labute approximate surface area is 120 Å². The van der Waals surface area contributed by atoms with E-state index in [9.17, 15) is 18.4 Å². The van der Waals surface area contributed by atoms with Crippen LogP contribution in [0.1, 0.15) is 27.2 Å². The minimum Gasteiger partial charge on any atom is -0.447 e. The highest BCUT2D eigenvalue weighted by molar-refractivity contribution is 6.17. The van der Waals surface area contributed by atoms with E-state index in [1.54, 1.807) is 20.8 Å².